The van der Waals surface area contributed by atoms with E-state index in [9.17, 15) is 4.79 Å². The maximum atomic E-state index is 12.3. The van der Waals surface area contributed by atoms with Crippen LogP contribution in [0.15, 0.2) is 54.9 Å². The number of nitrogens with zero attached hydrogens (tertiary/aromatic N) is 4. The average Bonchev–Trinajstić information content (AvgIpc) is 2.88. The molecule has 0 bridgehead atoms. The van der Waals surface area contributed by atoms with Crippen molar-refractivity contribution in [2.24, 2.45) is 0 Å². The van der Waals surface area contributed by atoms with Crippen molar-refractivity contribution in [1.82, 2.24) is 20.3 Å². The Balaban J connectivity index is 1.52. The van der Waals surface area contributed by atoms with Crippen LogP contribution in [0.2, 0.25) is 0 Å². The first-order chi connectivity index (χ1) is 16.9. The minimum atomic E-state index is -0.266. The lowest BCUT2D eigenvalue weighted by Crippen LogP contribution is -2.44. The van der Waals surface area contributed by atoms with Gasteiger partial charge in [-0.25, -0.2) is 14.8 Å². The van der Waals surface area contributed by atoms with Gasteiger partial charge < -0.3 is 20.3 Å². The standard InChI is InChI=1S/C26H32N6O2S/c1-18-17-34-14-13-32(18)23-15-22(26(2,3)35-4)30-24(31-23)20-5-7-21(8-6-20)29-25(33)28-16-19-9-11-27-12-10-19/h5-12,15,18H,13-14,16-17H2,1-4H3,(H2,28,29,33)/t18-/m0/s1. The summed E-state index contributed by atoms with van der Waals surface area (Å²) < 4.78 is 5.47. The van der Waals surface area contributed by atoms with Gasteiger partial charge in [-0.05, 0) is 69.0 Å². The van der Waals surface area contributed by atoms with E-state index in [4.69, 9.17) is 14.7 Å². The first-order valence-electron chi connectivity index (χ1n) is 11.7. The van der Waals surface area contributed by atoms with Crippen molar-refractivity contribution < 1.29 is 9.53 Å². The van der Waals surface area contributed by atoms with E-state index in [1.165, 1.54) is 0 Å². The first kappa shape index (κ1) is 24.9. The predicted molar refractivity (Wildman–Crippen MR) is 142 cm³/mol. The van der Waals surface area contributed by atoms with Crippen molar-refractivity contribution in [3.05, 3.63) is 66.1 Å². The van der Waals surface area contributed by atoms with Gasteiger partial charge in [-0.2, -0.15) is 11.8 Å². The number of urea groups is 1. The molecule has 4 rings (SSSR count). The summed E-state index contributed by atoms with van der Waals surface area (Å²) in [4.78, 5) is 28.4. The lowest BCUT2D eigenvalue weighted by Gasteiger charge is -2.35. The van der Waals surface area contributed by atoms with Crippen LogP contribution in [0.25, 0.3) is 11.4 Å². The number of aromatic nitrogens is 3. The third-order valence-electron chi connectivity index (χ3n) is 6.11. The summed E-state index contributed by atoms with van der Waals surface area (Å²) in [5, 5.41) is 5.72. The zero-order valence-corrected chi connectivity index (χ0v) is 21.4. The van der Waals surface area contributed by atoms with E-state index < -0.39 is 0 Å². The Morgan fingerprint density at radius 3 is 2.60 bits per heavy atom. The molecule has 0 unspecified atom stereocenters. The van der Waals surface area contributed by atoms with Crippen molar-refractivity contribution in [1.29, 1.82) is 0 Å². The minimum Gasteiger partial charge on any atom is -0.377 e. The second kappa shape index (κ2) is 11.0. The third-order valence-corrected chi connectivity index (χ3v) is 7.33. The van der Waals surface area contributed by atoms with Crippen LogP contribution in [-0.2, 0) is 16.0 Å². The molecule has 1 saturated heterocycles. The zero-order valence-electron chi connectivity index (χ0n) is 20.6. The molecule has 1 aliphatic heterocycles. The molecule has 35 heavy (non-hydrogen) atoms. The number of rotatable bonds is 7. The van der Waals surface area contributed by atoms with Crippen LogP contribution >= 0.6 is 11.8 Å². The van der Waals surface area contributed by atoms with Gasteiger partial charge in [0.05, 0.1) is 29.7 Å². The molecule has 3 aromatic rings. The third kappa shape index (κ3) is 6.29. The van der Waals surface area contributed by atoms with E-state index in [-0.39, 0.29) is 16.8 Å². The molecule has 1 aromatic carbocycles. The van der Waals surface area contributed by atoms with Crippen LogP contribution in [-0.4, -0.2) is 53.0 Å². The summed E-state index contributed by atoms with van der Waals surface area (Å²) >= 11 is 1.76. The van der Waals surface area contributed by atoms with Crippen molar-refractivity contribution in [2.75, 3.05) is 36.2 Å². The Labute approximate surface area is 210 Å². The molecule has 1 aliphatic rings. The number of benzene rings is 1. The number of carbonyl (C=O) groups is 1. The molecule has 1 atom stereocenters. The van der Waals surface area contributed by atoms with Crippen molar-refractivity contribution in [3.8, 4) is 11.4 Å². The molecular formula is C26H32N6O2S. The summed E-state index contributed by atoms with van der Waals surface area (Å²) in [7, 11) is 0. The van der Waals surface area contributed by atoms with Crippen LogP contribution in [0.3, 0.4) is 0 Å². The number of amides is 2. The van der Waals surface area contributed by atoms with Gasteiger partial charge in [0.25, 0.3) is 0 Å². The molecule has 0 spiro atoms. The maximum absolute atomic E-state index is 12.3. The van der Waals surface area contributed by atoms with Crippen LogP contribution in [0, 0.1) is 0 Å². The van der Waals surface area contributed by atoms with Gasteiger partial charge in [0.2, 0.25) is 0 Å². The monoisotopic (exact) mass is 492 g/mol. The van der Waals surface area contributed by atoms with E-state index in [1.54, 1.807) is 24.2 Å². The second-order valence-electron chi connectivity index (χ2n) is 9.01. The Morgan fingerprint density at radius 2 is 1.91 bits per heavy atom. The SMILES string of the molecule is CSC(C)(C)c1cc(N2CCOC[C@@H]2C)nc(-c2ccc(NC(=O)NCc3ccncc3)cc2)n1. The van der Waals surface area contributed by atoms with Crippen LogP contribution in [0.4, 0.5) is 16.3 Å². The Kier molecular flexibility index (Phi) is 7.87. The number of nitrogens with one attached hydrogen (secondary N) is 2. The molecule has 0 aliphatic carbocycles. The van der Waals surface area contributed by atoms with Gasteiger partial charge in [-0.3, -0.25) is 4.98 Å². The summed E-state index contributed by atoms with van der Waals surface area (Å²) in [5.41, 5.74) is 3.57. The Hall–Kier alpha value is -3.17. The molecule has 8 nitrogen and oxygen atoms in total. The highest BCUT2D eigenvalue weighted by Crippen LogP contribution is 2.35. The fourth-order valence-corrected chi connectivity index (χ4v) is 4.07. The molecule has 9 heteroatoms. The van der Waals surface area contributed by atoms with Gasteiger partial charge in [0, 0.05) is 42.8 Å². The van der Waals surface area contributed by atoms with Crippen molar-refractivity contribution in [2.45, 2.75) is 38.1 Å². The quantitative estimate of drug-likeness (QED) is 0.495. The van der Waals surface area contributed by atoms with E-state index in [1.807, 2.05) is 36.4 Å². The van der Waals surface area contributed by atoms with E-state index >= 15 is 0 Å². The Morgan fingerprint density at radius 1 is 1.17 bits per heavy atom. The number of thioether (sulfide) groups is 1. The number of carbonyl (C=O) groups excluding carboxylic acids is 1. The fourth-order valence-electron chi connectivity index (χ4n) is 3.75. The summed E-state index contributed by atoms with van der Waals surface area (Å²) in [6, 6.07) is 13.4. The zero-order chi connectivity index (χ0) is 24.8. The van der Waals surface area contributed by atoms with Crippen molar-refractivity contribution >= 4 is 29.3 Å². The highest BCUT2D eigenvalue weighted by Gasteiger charge is 2.27. The fraction of sp³-hybridized carbons (Fsp3) is 0.385. The molecule has 3 heterocycles. The lowest BCUT2D eigenvalue weighted by molar-refractivity contribution is 0.0985. The van der Waals surface area contributed by atoms with E-state index in [2.05, 4.69) is 53.6 Å². The highest BCUT2D eigenvalue weighted by molar-refractivity contribution is 7.99. The molecule has 0 radical (unpaired) electrons. The number of hydrogen-bond acceptors (Lipinski definition) is 7. The van der Waals surface area contributed by atoms with E-state index in [0.717, 1.165) is 29.2 Å². The smallest absolute Gasteiger partial charge is 0.319 e. The largest absolute Gasteiger partial charge is 0.377 e. The summed E-state index contributed by atoms with van der Waals surface area (Å²) in [6.07, 6.45) is 5.51. The van der Waals surface area contributed by atoms with Crippen molar-refractivity contribution in [3.63, 3.8) is 0 Å². The predicted octanol–water partition coefficient (Wildman–Crippen LogP) is 4.68. The van der Waals surface area contributed by atoms with Gasteiger partial charge in [0.1, 0.15) is 5.82 Å². The number of morpholine rings is 1. The van der Waals surface area contributed by atoms with Crippen LogP contribution in [0.1, 0.15) is 32.0 Å². The number of hydrogen-bond donors (Lipinski definition) is 2. The average molecular weight is 493 g/mol. The number of ether oxygens (including phenoxy) is 1. The van der Waals surface area contributed by atoms with Gasteiger partial charge in [-0.1, -0.05) is 0 Å². The number of pyridine rings is 1. The topological polar surface area (TPSA) is 92.3 Å². The highest BCUT2D eigenvalue weighted by atomic mass is 32.2. The molecule has 184 valence electrons. The molecule has 0 saturated carbocycles. The molecule has 1 fully saturated rings. The van der Waals surface area contributed by atoms with E-state index in [0.29, 0.717) is 31.3 Å². The normalized spacial score (nSPS) is 16.1. The molecule has 2 aromatic heterocycles. The summed E-state index contributed by atoms with van der Waals surface area (Å²) in [6.45, 7) is 9.11. The second-order valence-corrected chi connectivity index (χ2v) is 10.4. The van der Waals surface area contributed by atoms with Crippen LogP contribution in [0.5, 0.6) is 0 Å². The number of anilines is 2. The lowest BCUT2D eigenvalue weighted by atomic mass is 10.1. The maximum Gasteiger partial charge on any atom is 0.319 e. The first-order valence-corrected chi connectivity index (χ1v) is 12.9. The van der Waals surface area contributed by atoms with Gasteiger partial charge >= 0.3 is 6.03 Å². The van der Waals surface area contributed by atoms with Crippen LogP contribution < -0.4 is 15.5 Å². The molecular weight excluding hydrogens is 460 g/mol. The minimum absolute atomic E-state index is 0.156. The van der Waals surface area contributed by atoms with Gasteiger partial charge in [-0.15, -0.1) is 0 Å². The molecule has 2 N–H and O–H groups in total. The molecule has 2 amide bonds. The van der Waals surface area contributed by atoms with Gasteiger partial charge in [0.15, 0.2) is 5.82 Å². The Bertz CT molecular complexity index is 1140. The summed E-state index contributed by atoms with van der Waals surface area (Å²) in [5.74, 6) is 1.59.